The highest BCUT2D eigenvalue weighted by Crippen LogP contribution is 2.26. The van der Waals surface area contributed by atoms with Crippen molar-refractivity contribution >= 4 is 33.7 Å². The van der Waals surface area contributed by atoms with Crippen LogP contribution in [0.25, 0.3) is 21.5 Å². The Hall–Kier alpha value is -4.64. The molecule has 0 aliphatic rings. The predicted octanol–water partition coefficient (Wildman–Crippen LogP) is 6.34. The predicted molar refractivity (Wildman–Crippen MR) is 140 cm³/mol. The van der Waals surface area contributed by atoms with Crippen molar-refractivity contribution in [3.8, 4) is 11.5 Å². The number of methoxy groups -OCH3 is 1. The van der Waals surface area contributed by atoms with Crippen LogP contribution in [0.15, 0.2) is 108 Å². The second-order valence-corrected chi connectivity index (χ2v) is 8.11. The van der Waals surface area contributed by atoms with Gasteiger partial charge in [0.05, 0.1) is 18.9 Å². The van der Waals surface area contributed by atoms with Crippen LogP contribution in [0.3, 0.4) is 0 Å². The fourth-order valence-electron chi connectivity index (χ4n) is 3.99. The van der Waals surface area contributed by atoms with E-state index >= 15 is 0 Å². The number of nitrogens with one attached hydrogen (secondary N) is 1. The molecule has 0 aliphatic carbocycles. The molecule has 0 unspecified atom stereocenters. The third-order valence-corrected chi connectivity index (χ3v) is 5.81. The highest BCUT2D eigenvalue weighted by atomic mass is 16.5. The maximum Gasteiger partial charge on any atom is 0.275 e. The fourth-order valence-corrected chi connectivity index (χ4v) is 3.99. The topological polar surface area (TPSA) is 59.9 Å². The Morgan fingerprint density at radius 3 is 2.20 bits per heavy atom. The lowest BCUT2D eigenvalue weighted by molar-refractivity contribution is 0.0952. The quantitative estimate of drug-likeness (QED) is 0.228. The molecule has 0 fully saturated rings. The Balaban J connectivity index is 1.29. The van der Waals surface area contributed by atoms with Gasteiger partial charge < -0.3 is 9.47 Å². The molecular formula is C30H24N2O3. The highest BCUT2D eigenvalue weighted by Gasteiger charge is 2.13. The van der Waals surface area contributed by atoms with Gasteiger partial charge in [-0.1, -0.05) is 72.8 Å². The molecule has 172 valence electrons. The molecule has 5 rings (SSSR count). The number of carbonyl (C=O) groups excluding carboxylic acids is 1. The molecule has 0 atom stereocenters. The number of fused-ring (bicyclic) bond motifs is 2. The fraction of sp³-hybridized carbons (Fsp3) is 0.0667. The lowest BCUT2D eigenvalue weighted by Gasteiger charge is -2.10. The van der Waals surface area contributed by atoms with Crippen molar-refractivity contribution in [3.63, 3.8) is 0 Å². The van der Waals surface area contributed by atoms with E-state index < -0.39 is 0 Å². The van der Waals surface area contributed by atoms with E-state index in [2.05, 4.69) is 40.9 Å². The minimum atomic E-state index is -0.349. The summed E-state index contributed by atoms with van der Waals surface area (Å²) in [5.41, 5.74) is 4.86. The Morgan fingerprint density at radius 1 is 0.771 bits per heavy atom. The number of rotatable bonds is 7. The summed E-state index contributed by atoms with van der Waals surface area (Å²) in [7, 11) is 1.55. The maximum absolute atomic E-state index is 12.8. The maximum atomic E-state index is 12.8. The van der Waals surface area contributed by atoms with Crippen LogP contribution in [0, 0.1) is 0 Å². The van der Waals surface area contributed by atoms with Crippen molar-refractivity contribution in [1.82, 2.24) is 5.43 Å². The van der Waals surface area contributed by atoms with Gasteiger partial charge in [0.25, 0.3) is 5.91 Å². The van der Waals surface area contributed by atoms with E-state index in [0.717, 1.165) is 21.9 Å². The van der Waals surface area contributed by atoms with Gasteiger partial charge >= 0.3 is 0 Å². The number of carbonyl (C=O) groups is 1. The number of hydrazone groups is 1. The summed E-state index contributed by atoms with van der Waals surface area (Å²) in [6.45, 7) is 0.427. The van der Waals surface area contributed by atoms with E-state index in [1.54, 1.807) is 19.4 Å². The van der Waals surface area contributed by atoms with Gasteiger partial charge in [0.2, 0.25) is 0 Å². The highest BCUT2D eigenvalue weighted by molar-refractivity contribution is 6.02. The number of ether oxygens (including phenoxy) is 2. The van der Waals surface area contributed by atoms with Crippen LogP contribution in [-0.2, 0) is 6.61 Å². The molecule has 1 amide bonds. The van der Waals surface area contributed by atoms with E-state index in [1.807, 2.05) is 66.7 Å². The Morgan fingerprint density at radius 2 is 1.43 bits per heavy atom. The van der Waals surface area contributed by atoms with Gasteiger partial charge in [-0.15, -0.1) is 0 Å². The van der Waals surface area contributed by atoms with E-state index in [4.69, 9.17) is 9.47 Å². The molecule has 0 radical (unpaired) electrons. The van der Waals surface area contributed by atoms with Crippen molar-refractivity contribution in [1.29, 1.82) is 0 Å². The van der Waals surface area contributed by atoms with Crippen molar-refractivity contribution in [2.24, 2.45) is 5.10 Å². The summed E-state index contributed by atoms with van der Waals surface area (Å²) in [6.07, 6.45) is 1.58. The second kappa shape index (κ2) is 10.1. The Labute approximate surface area is 203 Å². The van der Waals surface area contributed by atoms with Crippen LogP contribution < -0.4 is 14.9 Å². The molecular weight excluding hydrogens is 436 g/mol. The van der Waals surface area contributed by atoms with E-state index in [9.17, 15) is 4.79 Å². The van der Waals surface area contributed by atoms with Crippen molar-refractivity contribution < 1.29 is 14.3 Å². The first-order chi connectivity index (χ1) is 17.2. The molecule has 5 aromatic rings. The molecule has 0 bridgehead atoms. The largest absolute Gasteiger partial charge is 0.496 e. The lowest BCUT2D eigenvalue weighted by Crippen LogP contribution is -2.18. The average Bonchev–Trinajstić information content (AvgIpc) is 2.91. The van der Waals surface area contributed by atoms with E-state index in [-0.39, 0.29) is 5.91 Å². The molecule has 0 spiro atoms. The zero-order valence-corrected chi connectivity index (χ0v) is 19.3. The summed E-state index contributed by atoms with van der Waals surface area (Å²) in [4.78, 5) is 12.8. The van der Waals surface area contributed by atoms with Crippen molar-refractivity contribution in [3.05, 3.63) is 120 Å². The first-order valence-corrected chi connectivity index (χ1v) is 11.3. The van der Waals surface area contributed by atoms with Crippen LogP contribution in [0.5, 0.6) is 11.5 Å². The average molecular weight is 461 g/mol. The number of hydrogen-bond donors (Lipinski definition) is 1. The molecule has 0 aromatic heterocycles. The van der Waals surface area contributed by atoms with Gasteiger partial charge in [-0.05, 0) is 57.4 Å². The Bertz CT molecular complexity index is 1540. The second-order valence-electron chi connectivity index (χ2n) is 8.11. The van der Waals surface area contributed by atoms with Crippen LogP contribution in [0.2, 0.25) is 0 Å². The third kappa shape index (κ3) is 4.99. The summed E-state index contributed by atoms with van der Waals surface area (Å²) >= 11 is 0. The minimum absolute atomic E-state index is 0.349. The zero-order valence-electron chi connectivity index (χ0n) is 19.3. The standard InChI is InChI=1S/C30H24N2O3/c1-34-29-18-25-11-5-4-10-24(25)17-27(29)30(33)32-31-19-26-12-6-7-13-28(26)35-20-21-14-15-22-8-2-3-9-23(22)16-21/h2-19H,20H2,1H3,(H,32,33). The summed E-state index contributed by atoms with van der Waals surface area (Å²) < 4.78 is 11.5. The van der Waals surface area contributed by atoms with Crippen molar-refractivity contribution in [2.45, 2.75) is 6.61 Å². The van der Waals surface area contributed by atoms with Gasteiger partial charge in [0.15, 0.2) is 0 Å². The van der Waals surface area contributed by atoms with E-state index in [0.29, 0.717) is 23.7 Å². The van der Waals surface area contributed by atoms with Crippen LogP contribution in [-0.4, -0.2) is 19.2 Å². The first kappa shape index (κ1) is 22.2. The van der Waals surface area contributed by atoms with Gasteiger partial charge in [0.1, 0.15) is 18.1 Å². The summed E-state index contributed by atoms with van der Waals surface area (Å²) in [5, 5.41) is 8.50. The van der Waals surface area contributed by atoms with Crippen molar-refractivity contribution in [2.75, 3.05) is 7.11 Å². The van der Waals surface area contributed by atoms with Gasteiger partial charge in [-0.25, -0.2) is 5.43 Å². The van der Waals surface area contributed by atoms with Crippen LogP contribution in [0.1, 0.15) is 21.5 Å². The SMILES string of the molecule is COc1cc2ccccc2cc1C(=O)NN=Cc1ccccc1OCc1ccc2ccccc2c1. The summed E-state index contributed by atoms with van der Waals surface area (Å²) in [5.74, 6) is 0.830. The number of nitrogens with zero attached hydrogens (tertiary/aromatic N) is 1. The molecule has 35 heavy (non-hydrogen) atoms. The number of amides is 1. The molecule has 0 aliphatic heterocycles. The van der Waals surface area contributed by atoms with E-state index in [1.165, 1.54) is 10.8 Å². The normalized spacial score (nSPS) is 11.1. The number of benzene rings is 5. The summed E-state index contributed by atoms with van der Waals surface area (Å²) in [6, 6.07) is 33.6. The molecule has 1 N–H and O–H groups in total. The third-order valence-electron chi connectivity index (χ3n) is 5.81. The minimum Gasteiger partial charge on any atom is -0.496 e. The number of para-hydroxylation sites is 1. The smallest absolute Gasteiger partial charge is 0.275 e. The first-order valence-electron chi connectivity index (χ1n) is 11.3. The van der Waals surface area contributed by atoms with Crippen LogP contribution >= 0.6 is 0 Å². The van der Waals surface area contributed by atoms with Gasteiger partial charge in [0, 0.05) is 5.56 Å². The van der Waals surface area contributed by atoms with Gasteiger partial charge in [-0.3, -0.25) is 4.79 Å². The molecule has 0 saturated carbocycles. The molecule has 5 nitrogen and oxygen atoms in total. The van der Waals surface area contributed by atoms with Crippen LogP contribution in [0.4, 0.5) is 0 Å². The number of hydrogen-bond acceptors (Lipinski definition) is 4. The van der Waals surface area contributed by atoms with Gasteiger partial charge in [-0.2, -0.15) is 5.10 Å². The molecule has 5 heteroatoms. The lowest BCUT2D eigenvalue weighted by atomic mass is 10.1. The molecule has 5 aromatic carbocycles. The molecule has 0 heterocycles. The monoisotopic (exact) mass is 460 g/mol. The Kier molecular flexibility index (Phi) is 6.39. The zero-order chi connectivity index (χ0) is 24.0. The molecule has 0 saturated heterocycles.